The lowest BCUT2D eigenvalue weighted by Gasteiger charge is -2.14. The minimum atomic E-state index is -1.32. The standard InChI is InChI=1S/C18H21N3O9/c1-7(16(25)26)19-13(22)10-4-11(14(23)20-8(2)17(27)28)6-12(5-10)15(24)21-9(3)18(29)30/h4-9H,1-3H3,(H,19,22)(H,20,23)(H,21,24)(H,25,26)(H,27,28)(H,29,30)/t7-,8-,9-/m1/s1. The second-order valence-corrected chi connectivity index (χ2v) is 6.40. The van der Waals surface area contributed by atoms with Gasteiger partial charge in [0.15, 0.2) is 0 Å². The highest BCUT2D eigenvalue weighted by atomic mass is 16.4. The summed E-state index contributed by atoms with van der Waals surface area (Å²) in [5, 5.41) is 33.2. The lowest BCUT2D eigenvalue weighted by molar-refractivity contribution is -0.139. The number of nitrogens with one attached hydrogen (secondary N) is 3. The Bertz CT molecular complexity index is 770. The average molecular weight is 423 g/mol. The molecule has 0 saturated heterocycles. The molecule has 1 aromatic carbocycles. The maximum Gasteiger partial charge on any atom is 0.325 e. The van der Waals surface area contributed by atoms with Gasteiger partial charge in [0.25, 0.3) is 17.7 Å². The van der Waals surface area contributed by atoms with E-state index >= 15 is 0 Å². The van der Waals surface area contributed by atoms with Crippen molar-refractivity contribution in [1.82, 2.24) is 16.0 Å². The summed E-state index contributed by atoms with van der Waals surface area (Å²) >= 11 is 0. The Labute approximate surface area is 170 Å². The molecule has 3 atom stereocenters. The van der Waals surface area contributed by atoms with Crippen LogP contribution in [-0.4, -0.2) is 69.1 Å². The first kappa shape index (κ1) is 24.1. The van der Waals surface area contributed by atoms with Crippen molar-refractivity contribution >= 4 is 35.6 Å². The number of carboxylic acid groups (broad SMARTS) is 3. The van der Waals surface area contributed by atoms with E-state index in [0.29, 0.717) is 0 Å². The first-order valence-corrected chi connectivity index (χ1v) is 8.59. The number of carbonyl (C=O) groups excluding carboxylic acids is 3. The molecule has 12 heteroatoms. The molecule has 0 unspecified atom stereocenters. The van der Waals surface area contributed by atoms with Crippen molar-refractivity contribution in [2.24, 2.45) is 0 Å². The maximum atomic E-state index is 12.3. The zero-order valence-corrected chi connectivity index (χ0v) is 16.3. The van der Waals surface area contributed by atoms with Gasteiger partial charge in [0, 0.05) is 16.7 Å². The van der Waals surface area contributed by atoms with E-state index in [2.05, 4.69) is 16.0 Å². The van der Waals surface area contributed by atoms with Crippen LogP contribution < -0.4 is 16.0 Å². The van der Waals surface area contributed by atoms with Crippen LogP contribution in [0.15, 0.2) is 18.2 Å². The molecule has 0 radical (unpaired) electrons. The van der Waals surface area contributed by atoms with Crippen LogP contribution in [0.4, 0.5) is 0 Å². The molecule has 6 N–H and O–H groups in total. The number of hydrogen-bond donors (Lipinski definition) is 6. The topological polar surface area (TPSA) is 199 Å². The van der Waals surface area contributed by atoms with E-state index < -0.39 is 53.8 Å². The fourth-order valence-corrected chi connectivity index (χ4v) is 2.05. The van der Waals surface area contributed by atoms with Gasteiger partial charge in [-0.3, -0.25) is 28.8 Å². The number of carboxylic acids is 3. The molecular formula is C18H21N3O9. The summed E-state index contributed by atoms with van der Waals surface area (Å²) in [7, 11) is 0. The highest BCUT2D eigenvalue weighted by molar-refractivity contribution is 6.06. The third kappa shape index (κ3) is 6.58. The van der Waals surface area contributed by atoms with Gasteiger partial charge in [0.2, 0.25) is 0 Å². The molecular weight excluding hydrogens is 402 g/mol. The lowest BCUT2D eigenvalue weighted by Crippen LogP contribution is -2.40. The third-order valence-electron chi connectivity index (χ3n) is 3.87. The van der Waals surface area contributed by atoms with Crippen molar-refractivity contribution < 1.29 is 44.1 Å². The summed E-state index contributed by atoms with van der Waals surface area (Å²) in [4.78, 5) is 69.8. The van der Waals surface area contributed by atoms with E-state index in [-0.39, 0.29) is 16.7 Å². The number of carbonyl (C=O) groups is 6. The van der Waals surface area contributed by atoms with Gasteiger partial charge in [0.1, 0.15) is 18.1 Å². The van der Waals surface area contributed by atoms with Gasteiger partial charge >= 0.3 is 17.9 Å². The predicted molar refractivity (Wildman–Crippen MR) is 100 cm³/mol. The Hall–Kier alpha value is -3.96. The lowest BCUT2D eigenvalue weighted by atomic mass is 10.0. The quantitative estimate of drug-likeness (QED) is 0.297. The Morgan fingerprint density at radius 3 is 0.933 bits per heavy atom. The molecule has 0 bridgehead atoms. The zero-order valence-electron chi connectivity index (χ0n) is 16.3. The van der Waals surface area contributed by atoms with E-state index in [1.807, 2.05) is 0 Å². The molecule has 0 aliphatic carbocycles. The molecule has 1 aromatic rings. The first-order valence-electron chi connectivity index (χ1n) is 8.59. The van der Waals surface area contributed by atoms with Crippen LogP contribution in [0, 0.1) is 0 Å². The van der Waals surface area contributed by atoms with Crippen molar-refractivity contribution in [2.75, 3.05) is 0 Å². The third-order valence-corrected chi connectivity index (χ3v) is 3.87. The number of aliphatic carboxylic acids is 3. The van der Waals surface area contributed by atoms with Crippen LogP contribution in [0.2, 0.25) is 0 Å². The van der Waals surface area contributed by atoms with Crippen LogP contribution in [-0.2, 0) is 14.4 Å². The Morgan fingerprint density at radius 2 is 0.767 bits per heavy atom. The molecule has 3 amide bonds. The van der Waals surface area contributed by atoms with E-state index in [4.69, 9.17) is 15.3 Å². The van der Waals surface area contributed by atoms with Crippen molar-refractivity contribution in [1.29, 1.82) is 0 Å². The summed E-state index contributed by atoms with van der Waals surface area (Å²) in [6.07, 6.45) is 0. The van der Waals surface area contributed by atoms with Crippen LogP contribution >= 0.6 is 0 Å². The van der Waals surface area contributed by atoms with Crippen LogP contribution in [0.3, 0.4) is 0 Å². The maximum absolute atomic E-state index is 12.3. The zero-order chi connectivity index (χ0) is 23.2. The highest BCUT2D eigenvalue weighted by Gasteiger charge is 2.22. The molecule has 0 aromatic heterocycles. The van der Waals surface area contributed by atoms with E-state index in [1.165, 1.54) is 20.8 Å². The molecule has 162 valence electrons. The van der Waals surface area contributed by atoms with Crippen molar-refractivity contribution in [3.8, 4) is 0 Å². The number of rotatable bonds is 9. The van der Waals surface area contributed by atoms with Crippen LogP contribution in [0.1, 0.15) is 51.8 Å². The van der Waals surface area contributed by atoms with Crippen molar-refractivity contribution in [3.05, 3.63) is 34.9 Å². The molecule has 0 aliphatic heterocycles. The van der Waals surface area contributed by atoms with E-state index in [0.717, 1.165) is 18.2 Å². The number of hydrogen-bond acceptors (Lipinski definition) is 6. The largest absolute Gasteiger partial charge is 0.480 e. The van der Waals surface area contributed by atoms with Gasteiger partial charge in [-0.25, -0.2) is 0 Å². The molecule has 0 saturated carbocycles. The van der Waals surface area contributed by atoms with E-state index in [9.17, 15) is 28.8 Å². The minimum Gasteiger partial charge on any atom is -0.480 e. The van der Waals surface area contributed by atoms with Crippen LogP contribution in [0.5, 0.6) is 0 Å². The Balaban J connectivity index is 3.32. The van der Waals surface area contributed by atoms with Gasteiger partial charge in [-0.2, -0.15) is 0 Å². The van der Waals surface area contributed by atoms with Gasteiger partial charge in [0.05, 0.1) is 0 Å². The predicted octanol–water partition coefficient (Wildman–Crippen LogP) is -0.705. The van der Waals surface area contributed by atoms with Crippen molar-refractivity contribution in [2.45, 2.75) is 38.9 Å². The molecule has 0 heterocycles. The van der Waals surface area contributed by atoms with Gasteiger partial charge < -0.3 is 31.3 Å². The smallest absolute Gasteiger partial charge is 0.325 e. The second kappa shape index (κ2) is 10.0. The number of benzene rings is 1. The minimum absolute atomic E-state index is 0.258. The fourth-order valence-electron chi connectivity index (χ4n) is 2.05. The molecule has 0 fully saturated rings. The van der Waals surface area contributed by atoms with Gasteiger partial charge in [-0.05, 0) is 39.0 Å². The number of amides is 3. The van der Waals surface area contributed by atoms with Gasteiger partial charge in [-0.1, -0.05) is 0 Å². The average Bonchev–Trinajstić information content (AvgIpc) is 2.66. The van der Waals surface area contributed by atoms with Crippen LogP contribution in [0.25, 0.3) is 0 Å². The summed E-state index contributed by atoms with van der Waals surface area (Å²) in [6, 6.07) is -0.675. The fraction of sp³-hybridized carbons (Fsp3) is 0.333. The molecule has 30 heavy (non-hydrogen) atoms. The summed E-state index contributed by atoms with van der Waals surface area (Å²) in [6.45, 7) is 3.61. The summed E-state index contributed by atoms with van der Waals surface area (Å²) in [5.74, 6) is -6.69. The monoisotopic (exact) mass is 423 g/mol. The first-order chi connectivity index (χ1) is 13.8. The second-order valence-electron chi connectivity index (χ2n) is 6.40. The highest BCUT2D eigenvalue weighted by Crippen LogP contribution is 2.12. The Kier molecular flexibility index (Phi) is 8.03. The van der Waals surface area contributed by atoms with Crippen molar-refractivity contribution in [3.63, 3.8) is 0 Å². The molecule has 0 spiro atoms. The SMILES string of the molecule is C[C@@H](NC(=O)c1cc(C(=O)N[C@H](C)C(=O)O)cc(C(=O)N[C@H](C)C(=O)O)c1)C(=O)O. The molecule has 12 nitrogen and oxygen atoms in total. The summed E-state index contributed by atoms with van der Waals surface area (Å²) in [5.41, 5.74) is -0.773. The molecule has 1 rings (SSSR count). The van der Waals surface area contributed by atoms with Gasteiger partial charge in [-0.15, -0.1) is 0 Å². The summed E-state index contributed by atoms with van der Waals surface area (Å²) < 4.78 is 0. The normalized spacial score (nSPS) is 13.3. The Morgan fingerprint density at radius 1 is 0.567 bits per heavy atom. The molecule has 0 aliphatic rings. The van der Waals surface area contributed by atoms with E-state index in [1.54, 1.807) is 0 Å².